The molecule has 2 aromatic rings. The number of nitrogens with one attached hydrogen (secondary N) is 3. The molecule has 2 amide bonds. The zero-order chi connectivity index (χ0) is 19.1. The standard InChI is InChI=1S/C19H27N5O2.ClH/c1-13(2)8-17(25)23-16-7-5-6-14(9-16)10-21-19(26)18(20-3)15-11-22-24(4)12-15;/h5-7,9,11-13,18,20H,8,10H2,1-4H3,(H,21,26)(H,23,25);1H. The molecular formula is C19H28ClN5O2. The van der Waals surface area contributed by atoms with E-state index in [0.717, 1.165) is 16.8 Å². The minimum atomic E-state index is -0.461. The fourth-order valence-electron chi connectivity index (χ4n) is 2.67. The first-order chi connectivity index (χ1) is 12.4. The Kier molecular flexibility index (Phi) is 8.97. The molecule has 0 aliphatic heterocycles. The second kappa shape index (κ2) is 10.7. The number of aromatic nitrogens is 2. The van der Waals surface area contributed by atoms with E-state index in [4.69, 9.17) is 0 Å². The summed E-state index contributed by atoms with van der Waals surface area (Å²) in [6.07, 6.45) is 3.97. The Bertz CT molecular complexity index is 760. The van der Waals surface area contributed by atoms with Crippen LogP contribution in [0.25, 0.3) is 0 Å². The molecule has 8 heteroatoms. The molecule has 0 aliphatic carbocycles. The molecule has 0 fully saturated rings. The molecule has 2 rings (SSSR count). The molecule has 1 heterocycles. The smallest absolute Gasteiger partial charge is 0.242 e. The van der Waals surface area contributed by atoms with Gasteiger partial charge in [0.25, 0.3) is 0 Å². The van der Waals surface area contributed by atoms with E-state index >= 15 is 0 Å². The summed E-state index contributed by atoms with van der Waals surface area (Å²) in [7, 11) is 3.55. The number of likely N-dealkylation sites (N-methyl/N-ethyl adjacent to an activating group) is 1. The normalized spacial score (nSPS) is 11.6. The van der Waals surface area contributed by atoms with Crippen LogP contribution in [0.1, 0.15) is 37.4 Å². The highest BCUT2D eigenvalue weighted by Crippen LogP contribution is 2.14. The molecule has 0 saturated heterocycles. The minimum absolute atomic E-state index is 0. The second-order valence-corrected chi connectivity index (χ2v) is 6.73. The quantitative estimate of drug-likeness (QED) is 0.642. The van der Waals surface area contributed by atoms with E-state index in [1.165, 1.54) is 0 Å². The topological polar surface area (TPSA) is 88.1 Å². The van der Waals surface area contributed by atoms with Crippen LogP contribution in [0.4, 0.5) is 5.69 Å². The molecule has 0 spiro atoms. The van der Waals surface area contributed by atoms with Crippen molar-refractivity contribution in [2.45, 2.75) is 32.9 Å². The molecular weight excluding hydrogens is 366 g/mol. The number of amides is 2. The Hall–Kier alpha value is -2.38. The van der Waals surface area contributed by atoms with Crippen molar-refractivity contribution in [1.29, 1.82) is 0 Å². The Balaban J connectivity index is 0.00000364. The molecule has 0 radical (unpaired) electrons. The Morgan fingerprint density at radius 3 is 2.59 bits per heavy atom. The van der Waals surface area contributed by atoms with Crippen LogP contribution < -0.4 is 16.0 Å². The summed E-state index contributed by atoms with van der Waals surface area (Å²) in [5.74, 6) is 0.172. The Morgan fingerprint density at radius 2 is 2.00 bits per heavy atom. The van der Waals surface area contributed by atoms with Gasteiger partial charge in [0.1, 0.15) is 6.04 Å². The number of aryl methyl sites for hydroxylation is 1. The van der Waals surface area contributed by atoms with Crippen molar-refractivity contribution < 1.29 is 9.59 Å². The maximum absolute atomic E-state index is 12.5. The zero-order valence-corrected chi connectivity index (χ0v) is 17.0. The highest BCUT2D eigenvalue weighted by molar-refractivity contribution is 5.90. The lowest BCUT2D eigenvalue weighted by Gasteiger charge is -2.15. The third-order valence-corrected chi connectivity index (χ3v) is 3.88. The van der Waals surface area contributed by atoms with Gasteiger partial charge in [-0.15, -0.1) is 12.4 Å². The molecule has 3 N–H and O–H groups in total. The van der Waals surface area contributed by atoms with E-state index in [0.29, 0.717) is 18.9 Å². The lowest BCUT2D eigenvalue weighted by molar-refractivity contribution is -0.123. The number of rotatable bonds is 8. The van der Waals surface area contributed by atoms with E-state index < -0.39 is 6.04 Å². The molecule has 1 aromatic heterocycles. The highest BCUT2D eigenvalue weighted by Gasteiger charge is 2.19. The van der Waals surface area contributed by atoms with Crippen LogP contribution in [0, 0.1) is 5.92 Å². The third kappa shape index (κ3) is 7.03. The molecule has 0 bridgehead atoms. The van der Waals surface area contributed by atoms with E-state index in [1.807, 2.05) is 51.4 Å². The van der Waals surface area contributed by atoms with Crippen LogP contribution in [-0.4, -0.2) is 28.6 Å². The van der Waals surface area contributed by atoms with Crippen LogP contribution >= 0.6 is 12.4 Å². The molecule has 0 aliphatic rings. The summed E-state index contributed by atoms with van der Waals surface area (Å²) in [6.45, 7) is 4.39. The maximum atomic E-state index is 12.5. The van der Waals surface area contributed by atoms with E-state index in [-0.39, 0.29) is 24.2 Å². The lowest BCUT2D eigenvalue weighted by Crippen LogP contribution is -2.35. The predicted octanol–water partition coefficient (Wildman–Crippen LogP) is 2.40. The average Bonchev–Trinajstić information content (AvgIpc) is 2.99. The highest BCUT2D eigenvalue weighted by atomic mass is 35.5. The van der Waals surface area contributed by atoms with Gasteiger partial charge in [0, 0.05) is 37.5 Å². The number of hydrogen-bond acceptors (Lipinski definition) is 4. The fraction of sp³-hybridized carbons (Fsp3) is 0.421. The Morgan fingerprint density at radius 1 is 1.26 bits per heavy atom. The summed E-state index contributed by atoms with van der Waals surface area (Å²) < 4.78 is 1.66. The number of benzene rings is 1. The van der Waals surface area contributed by atoms with Gasteiger partial charge >= 0.3 is 0 Å². The van der Waals surface area contributed by atoms with Crippen LogP contribution in [-0.2, 0) is 23.2 Å². The molecule has 1 aromatic carbocycles. The van der Waals surface area contributed by atoms with Crippen LogP contribution in [0.15, 0.2) is 36.7 Å². The van der Waals surface area contributed by atoms with E-state index in [1.54, 1.807) is 17.9 Å². The molecule has 27 heavy (non-hydrogen) atoms. The molecule has 7 nitrogen and oxygen atoms in total. The van der Waals surface area contributed by atoms with Crippen molar-refractivity contribution in [3.8, 4) is 0 Å². The average molecular weight is 394 g/mol. The van der Waals surface area contributed by atoms with Crippen molar-refractivity contribution in [2.24, 2.45) is 13.0 Å². The first kappa shape index (κ1) is 22.7. The molecule has 1 unspecified atom stereocenters. The van der Waals surface area contributed by atoms with Gasteiger partial charge in [-0.05, 0) is 30.7 Å². The largest absolute Gasteiger partial charge is 0.350 e. The van der Waals surface area contributed by atoms with Gasteiger partial charge in [-0.25, -0.2) is 0 Å². The van der Waals surface area contributed by atoms with Gasteiger partial charge in [0.15, 0.2) is 0 Å². The number of nitrogens with zero attached hydrogens (tertiary/aromatic N) is 2. The van der Waals surface area contributed by atoms with Crippen molar-refractivity contribution >= 4 is 29.9 Å². The molecule has 148 valence electrons. The number of hydrogen-bond donors (Lipinski definition) is 3. The van der Waals surface area contributed by atoms with Crippen LogP contribution in [0.3, 0.4) is 0 Å². The van der Waals surface area contributed by atoms with Crippen LogP contribution in [0.5, 0.6) is 0 Å². The number of carbonyl (C=O) groups excluding carboxylic acids is 2. The number of carbonyl (C=O) groups is 2. The van der Waals surface area contributed by atoms with E-state index in [2.05, 4.69) is 21.0 Å². The van der Waals surface area contributed by atoms with Gasteiger partial charge in [0.05, 0.1) is 6.20 Å². The Labute approximate surface area is 166 Å². The SMILES string of the molecule is CNC(C(=O)NCc1cccc(NC(=O)CC(C)C)c1)c1cnn(C)c1.Cl. The van der Waals surface area contributed by atoms with Gasteiger partial charge in [-0.1, -0.05) is 26.0 Å². The predicted molar refractivity (Wildman–Crippen MR) is 109 cm³/mol. The van der Waals surface area contributed by atoms with Crippen molar-refractivity contribution in [3.63, 3.8) is 0 Å². The number of anilines is 1. The van der Waals surface area contributed by atoms with Gasteiger partial charge in [-0.2, -0.15) is 5.10 Å². The van der Waals surface area contributed by atoms with Gasteiger partial charge in [0.2, 0.25) is 11.8 Å². The monoisotopic (exact) mass is 393 g/mol. The summed E-state index contributed by atoms with van der Waals surface area (Å²) in [5, 5.41) is 12.9. The third-order valence-electron chi connectivity index (χ3n) is 3.88. The number of halogens is 1. The summed E-state index contributed by atoms with van der Waals surface area (Å²) in [6, 6.07) is 7.03. The van der Waals surface area contributed by atoms with Crippen molar-refractivity contribution in [1.82, 2.24) is 20.4 Å². The first-order valence-electron chi connectivity index (χ1n) is 8.71. The van der Waals surface area contributed by atoms with Gasteiger partial charge < -0.3 is 16.0 Å². The van der Waals surface area contributed by atoms with E-state index in [9.17, 15) is 9.59 Å². The first-order valence-corrected chi connectivity index (χ1v) is 8.71. The summed E-state index contributed by atoms with van der Waals surface area (Å²) in [5.41, 5.74) is 2.46. The van der Waals surface area contributed by atoms with Gasteiger partial charge in [-0.3, -0.25) is 14.3 Å². The minimum Gasteiger partial charge on any atom is -0.350 e. The summed E-state index contributed by atoms with van der Waals surface area (Å²) >= 11 is 0. The van der Waals surface area contributed by atoms with Crippen molar-refractivity contribution in [2.75, 3.05) is 12.4 Å². The van der Waals surface area contributed by atoms with Crippen LogP contribution in [0.2, 0.25) is 0 Å². The summed E-state index contributed by atoms with van der Waals surface area (Å²) in [4.78, 5) is 24.4. The van der Waals surface area contributed by atoms with Crippen molar-refractivity contribution in [3.05, 3.63) is 47.8 Å². The zero-order valence-electron chi connectivity index (χ0n) is 16.2. The fourth-order valence-corrected chi connectivity index (χ4v) is 2.67. The maximum Gasteiger partial charge on any atom is 0.242 e. The molecule has 1 atom stereocenters. The lowest BCUT2D eigenvalue weighted by atomic mass is 10.1. The molecule has 0 saturated carbocycles. The second-order valence-electron chi connectivity index (χ2n) is 6.73.